The van der Waals surface area contributed by atoms with Crippen LogP contribution in [-0.4, -0.2) is 13.7 Å². The molecule has 88 valence electrons. The van der Waals surface area contributed by atoms with E-state index in [2.05, 4.69) is 38.2 Å². The Balaban J connectivity index is 2.65. The Morgan fingerprint density at radius 3 is 2.69 bits per heavy atom. The van der Waals surface area contributed by atoms with E-state index in [0.717, 1.165) is 12.3 Å². The maximum atomic E-state index is 5.34. The van der Waals surface area contributed by atoms with Gasteiger partial charge in [-0.2, -0.15) is 0 Å². The fourth-order valence-electron chi connectivity index (χ4n) is 1.57. The molecule has 1 atom stereocenters. The van der Waals surface area contributed by atoms with Crippen LogP contribution >= 0.6 is 0 Å². The Kier molecular flexibility index (Phi) is 5.06. The highest BCUT2D eigenvalue weighted by molar-refractivity contribution is 5.35. The van der Waals surface area contributed by atoms with Gasteiger partial charge in [0.1, 0.15) is 5.75 Å². The number of allylic oxidation sites excluding steroid dienone is 1. The van der Waals surface area contributed by atoms with E-state index in [1.807, 2.05) is 18.2 Å². The van der Waals surface area contributed by atoms with Crippen molar-refractivity contribution in [1.82, 2.24) is 5.32 Å². The Bertz CT molecular complexity index is 354. The molecule has 0 amide bonds. The minimum atomic E-state index is 0.298. The second-order valence-corrected chi connectivity index (χ2v) is 4.15. The second kappa shape index (κ2) is 6.33. The summed E-state index contributed by atoms with van der Waals surface area (Å²) in [4.78, 5) is 0. The molecular weight excluding hydrogens is 198 g/mol. The van der Waals surface area contributed by atoms with Gasteiger partial charge in [0.25, 0.3) is 0 Å². The van der Waals surface area contributed by atoms with E-state index in [9.17, 15) is 0 Å². The summed E-state index contributed by atoms with van der Waals surface area (Å²) in [6, 6.07) is 8.42. The molecule has 1 aromatic rings. The van der Waals surface area contributed by atoms with Crippen LogP contribution in [0.15, 0.2) is 35.9 Å². The summed E-state index contributed by atoms with van der Waals surface area (Å²) in [5.41, 5.74) is 2.53. The lowest BCUT2D eigenvalue weighted by Crippen LogP contribution is -2.19. The predicted molar refractivity (Wildman–Crippen MR) is 68.8 cm³/mol. The lowest BCUT2D eigenvalue weighted by Gasteiger charge is -2.16. The van der Waals surface area contributed by atoms with Crippen molar-refractivity contribution in [3.63, 3.8) is 0 Å². The van der Waals surface area contributed by atoms with Crippen LogP contribution in [0.1, 0.15) is 32.4 Å². The van der Waals surface area contributed by atoms with E-state index in [4.69, 9.17) is 4.74 Å². The molecule has 0 aliphatic carbocycles. The van der Waals surface area contributed by atoms with Gasteiger partial charge in [0, 0.05) is 18.2 Å². The molecule has 0 saturated heterocycles. The van der Waals surface area contributed by atoms with Crippen LogP contribution in [0, 0.1) is 0 Å². The summed E-state index contributed by atoms with van der Waals surface area (Å²) in [6.07, 6.45) is 2.19. The lowest BCUT2D eigenvalue weighted by atomic mass is 10.1. The SMILES string of the molecule is COc1ccccc1[C@H](C)NCC=C(C)C. The third-order valence-electron chi connectivity index (χ3n) is 2.54. The van der Waals surface area contributed by atoms with Crippen molar-refractivity contribution in [2.45, 2.75) is 26.8 Å². The van der Waals surface area contributed by atoms with Gasteiger partial charge < -0.3 is 10.1 Å². The minimum Gasteiger partial charge on any atom is -0.496 e. The number of hydrogen-bond donors (Lipinski definition) is 1. The van der Waals surface area contributed by atoms with Gasteiger partial charge in [-0.1, -0.05) is 29.8 Å². The van der Waals surface area contributed by atoms with Gasteiger partial charge in [-0.3, -0.25) is 0 Å². The first-order valence-corrected chi connectivity index (χ1v) is 5.64. The van der Waals surface area contributed by atoms with E-state index in [1.54, 1.807) is 7.11 Å². The first kappa shape index (κ1) is 12.8. The maximum Gasteiger partial charge on any atom is 0.123 e. The number of nitrogens with one attached hydrogen (secondary N) is 1. The number of para-hydroxylation sites is 1. The number of benzene rings is 1. The van der Waals surface area contributed by atoms with Crippen molar-refractivity contribution in [2.75, 3.05) is 13.7 Å². The van der Waals surface area contributed by atoms with Crippen molar-refractivity contribution in [1.29, 1.82) is 0 Å². The summed E-state index contributed by atoms with van der Waals surface area (Å²) >= 11 is 0. The second-order valence-electron chi connectivity index (χ2n) is 4.15. The summed E-state index contributed by atoms with van der Waals surface area (Å²) in [6.45, 7) is 7.25. The van der Waals surface area contributed by atoms with Gasteiger partial charge in [-0.05, 0) is 26.8 Å². The smallest absolute Gasteiger partial charge is 0.123 e. The standard InChI is InChI=1S/C14H21NO/c1-11(2)9-10-15-12(3)13-7-5-6-8-14(13)16-4/h5-9,12,15H,10H2,1-4H3/t12-/m0/s1. The molecule has 1 aromatic carbocycles. The maximum absolute atomic E-state index is 5.34. The molecule has 0 heterocycles. The van der Waals surface area contributed by atoms with Crippen LogP contribution in [0.4, 0.5) is 0 Å². The Morgan fingerprint density at radius 1 is 1.38 bits per heavy atom. The molecule has 1 rings (SSSR count). The van der Waals surface area contributed by atoms with Gasteiger partial charge >= 0.3 is 0 Å². The first-order chi connectivity index (χ1) is 7.65. The minimum absolute atomic E-state index is 0.298. The van der Waals surface area contributed by atoms with Gasteiger partial charge in [0.05, 0.1) is 7.11 Å². The normalized spacial score (nSPS) is 12.0. The van der Waals surface area contributed by atoms with Crippen LogP contribution in [0.2, 0.25) is 0 Å². The Labute approximate surface area is 98.3 Å². The largest absolute Gasteiger partial charge is 0.496 e. The molecule has 0 saturated carbocycles. The van der Waals surface area contributed by atoms with Gasteiger partial charge in [0.15, 0.2) is 0 Å². The molecule has 0 aromatic heterocycles. The lowest BCUT2D eigenvalue weighted by molar-refractivity contribution is 0.403. The average Bonchev–Trinajstić information content (AvgIpc) is 2.28. The summed E-state index contributed by atoms with van der Waals surface area (Å²) in [5.74, 6) is 0.944. The van der Waals surface area contributed by atoms with Crippen molar-refractivity contribution in [2.24, 2.45) is 0 Å². The third-order valence-corrected chi connectivity index (χ3v) is 2.54. The van der Waals surface area contributed by atoms with E-state index in [0.29, 0.717) is 6.04 Å². The molecule has 16 heavy (non-hydrogen) atoms. The van der Waals surface area contributed by atoms with Crippen molar-refractivity contribution >= 4 is 0 Å². The molecule has 0 aliphatic rings. The number of rotatable bonds is 5. The van der Waals surface area contributed by atoms with E-state index < -0.39 is 0 Å². The molecule has 0 spiro atoms. The number of methoxy groups -OCH3 is 1. The van der Waals surface area contributed by atoms with E-state index in [-0.39, 0.29) is 0 Å². The monoisotopic (exact) mass is 219 g/mol. The van der Waals surface area contributed by atoms with Crippen molar-refractivity contribution in [3.05, 3.63) is 41.5 Å². The number of ether oxygens (including phenoxy) is 1. The highest BCUT2D eigenvalue weighted by Gasteiger charge is 2.08. The van der Waals surface area contributed by atoms with Crippen molar-refractivity contribution < 1.29 is 4.74 Å². The van der Waals surface area contributed by atoms with Crippen LogP contribution < -0.4 is 10.1 Å². The molecular formula is C14H21NO. The van der Waals surface area contributed by atoms with Crippen LogP contribution in [0.3, 0.4) is 0 Å². The quantitative estimate of drug-likeness (QED) is 0.767. The topological polar surface area (TPSA) is 21.3 Å². The molecule has 0 fully saturated rings. The van der Waals surface area contributed by atoms with E-state index in [1.165, 1.54) is 11.1 Å². The zero-order chi connectivity index (χ0) is 12.0. The summed E-state index contributed by atoms with van der Waals surface area (Å²) in [5, 5.41) is 3.45. The van der Waals surface area contributed by atoms with Gasteiger partial charge in [-0.25, -0.2) is 0 Å². The average molecular weight is 219 g/mol. The Hall–Kier alpha value is -1.28. The van der Waals surface area contributed by atoms with Gasteiger partial charge in [-0.15, -0.1) is 0 Å². The Morgan fingerprint density at radius 2 is 2.06 bits per heavy atom. The first-order valence-electron chi connectivity index (χ1n) is 5.64. The van der Waals surface area contributed by atoms with Crippen LogP contribution in [0.25, 0.3) is 0 Å². The highest BCUT2D eigenvalue weighted by Crippen LogP contribution is 2.23. The molecule has 0 unspecified atom stereocenters. The van der Waals surface area contributed by atoms with E-state index >= 15 is 0 Å². The van der Waals surface area contributed by atoms with Crippen LogP contribution in [0.5, 0.6) is 5.75 Å². The molecule has 0 bridgehead atoms. The molecule has 0 aliphatic heterocycles. The molecule has 2 nitrogen and oxygen atoms in total. The van der Waals surface area contributed by atoms with Gasteiger partial charge in [0.2, 0.25) is 0 Å². The predicted octanol–water partition coefficient (Wildman–Crippen LogP) is 3.31. The van der Waals surface area contributed by atoms with Crippen molar-refractivity contribution in [3.8, 4) is 5.75 Å². The van der Waals surface area contributed by atoms with Crippen LogP contribution in [-0.2, 0) is 0 Å². The molecule has 2 heteroatoms. The summed E-state index contributed by atoms with van der Waals surface area (Å²) < 4.78 is 5.34. The summed E-state index contributed by atoms with van der Waals surface area (Å²) in [7, 11) is 1.71. The highest BCUT2D eigenvalue weighted by atomic mass is 16.5. The zero-order valence-electron chi connectivity index (χ0n) is 10.6. The molecule has 1 N–H and O–H groups in total. The molecule has 0 radical (unpaired) electrons. The fourth-order valence-corrected chi connectivity index (χ4v) is 1.57. The number of hydrogen-bond acceptors (Lipinski definition) is 2. The zero-order valence-corrected chi connectivity index (χ0v) is 10.6. The fraction of sp³-hybridized carbons (Fsp3) is 0.429. The third kappa shape index (κ3) is 3.70.